The maximum absolute atomic E-state index is 12.0. The summed E-state index contributed by atoms with van der Waals surface area (Å²) in [5.74, 6) is 0.541. The fourth-order valence-corrected chi connectivity index (χ4v) is 2.47. The van der Waals surface area contributed by atoms with Crippen molar-refractivity contribution in [1.82, 2.24) is 5.43 Å². The van der Waals surface area contributed by atoms with E-state index in [0.29, 0.717) is 11.5 Å². The van der Waals surface area contributed by atoms with E-state index < -0.39 is 0 Å². The number of carbonyl (C=O) groups is 1. The van der Waals surface area contributed by atoms with Gasteiger partial charge in [-0.3, -0.25) is 4.79 Å². The van der Waals surface area contributed by atoms with Crippen molar-refractivity contribution in [2.45, 2.75) is 32.6 Å². The number of carbonyl (C=O) groups excluding carboxylic acids is 1. The summed E-state index contributed by atoms with van der Waals surface area (Å²) >= 11 is 0. The van der Waals surface area contributed by atoms with Crippen LogP contribution >= 0.6 is 0 Å². The van der Waals surface area contributed by atoms with Crippen LogP contribution in [0.4, 0.5) is 5.69 Å². The lowest BCUT2D eigenvalue weighted by molar-refractivity contribution is 0.0954. The van der Waals surface area contributed by atoms with E-state index in [1.807, 2.05) is 43.3 Å². The SMILES string of the molecule is CC1CCC/C(=N\NC(=O)c2ccc(N(C)C)cc2)C1. The van der Waals surface area contributed by atoms with Gasteiger partial charge >= 0.3 is 0 Å². The Balaban J connectivity index is 1.96. The fraction of sp³-hybridized carbons (Fsp3) is 0.500. The Labute approximate surface area is 120 Å². The van der Waals surface area contributed by atoms with Crippen molar-refractivity contribution in [3.63, 3.8) is 0 Å². The first-order chi connectivity index (χ1) is 9.56. The first-order valence-corrected chi connectivity index (χ1v) is 7.19. The lowest BCUT2D eigenvalue weighted by Gasteiger charge is -2.19. The Bertz CT molecular complexity index is 491. The molecule has 1 aromatic carbocycles. The molecular formula is C16H23N3O. The molecule has 1 fully saturated rings. The van der Waals surface area contributed by atoms with Crippen molar-refractivity contribution in [2.24, 2.45) is 11.0 Å². The van der Waals surface area contributed by atoms with Crippen LogP contribution in [-0.2, 0) is 0 Å². The molecule has 1 aliphatic carbocycles. The average Bonchev–Trinajstić information content (AvgIpc) is 2.45. The molecule has 0 aromatic heterocycles. The van der Waals surface area contributed by atoms with Gasteiger partial charge in [-0.2, -0.15) is 5.10 Å². The number of nitrogens with zero attached hydrogens (tertiary/aromatic N) is 2. The molecule has 1 saturated carbocycles. The van der Waals surface area contributed by atoms with Crippen LogP contribution in [0.2, 0.25) is 0 Å². The van der Waals surface area contributed by atoms with Crippen LogP contribution in [-0.4, -0.2) is 25.7 Å². The summed E-state index contributed by atoms with van der Waals surface area (Å²) in [4.78, 5) is 14.0. The van der Waals surface area contributed by atoms with Gasteiger partial charge in [0.05, 0.1) is 0 Å². The Hall–Kier alpha value is -1.84. The summed E-state index contributed by atoms with van der Waals surface area (Å²) in [6.07, 6.45) is 4.44. The largest absolute Gasteiger partial charge is 0.378 e. The second kappa shape index (κ2) is 6.55. The van der Waals surface area contributed by atoms with Crippen LogP contribution < -0.4 is 10.3 Å². The fourth-order valence-electron chi connectivity index (χ4n) is 2.47. The number of nitrogens with one attached hydrogen (secondary N) is 1. The van der Waals surface area contributed by atoms with Crippen LogP contribution in [0.15, 0.2) is 29.4 Å². The predicted molar refractivity (Wildman–Crippen MR) is 83.3 cm³/mol. The number of hydrazone groups is 1. The van der Waals surface area contributed by atoms with Gasteiger partial charge in [0, 0.05) is 31.1 Å². The molecule has 1 aliphatic rings. The van der Waals surface area contributed by atoms with Gasteiger partial charge in [0.2, 0.25) is 0 Å². The van der Waals surface area contributed by atoms with E-state index in [4.69, 9.17) is 0 Å². The minimum Gasteiger partial charge on any atom is -0.378 e. The molecule has 4 heteroatoms. The van der Waals surface area contributed by atoms with Gasteiger partial charge in [-0.15, -0.1) is 0 Å². The van der Waals surface area contributed by atoms with Gasteiger partial charge in [0.25, 0.3) is 5.91 Å². The third-order valence-corrected chi connectivity index (χ3v) is 3.71. The van der Waals surface area contributed by atoms with Gasteiger partial charge < -0.3 is 4.90 Å². The number of hydrogen-bond acceptors (Lipinski definition) is 3. The number of benzene rings is 1. The molecule has 1 unspecified atom stereocenters. The average molecular weight is 273 g/mol. The Kier molecular flexibility index (Phi) is 4.77. The first kappa shape index (κ1) is 14.6. The van der Waals surface area contributed by atoms with Crippen molar-refractivity contribution >= 4 is 17.3 Å². The van der Waals surface area contributed by atoms with Crippen LogP contribution in [0, 0.1) is 5.92 Å². The maximum atomic E-state index is 12.0. The number of amides is 1. The van der Waals surface area contributed by atoms with Gasteiger partial charge in [0.1, 0.15) is 0 Å². The van der Waals surface area contributed by atoms with Crippen molar-refractivity contribution in [3.8, 4) is 0 Å². The first-order valence-electron chi connectivity index (χ1n) is 7.19. The molecule has 1 aromatic rings. The quantitative estimate of drug-likeness (QED) is 0.860. The van der Waals surface area contributed by atoms with Crippen molar-refractivity contribution in [3.05, 3.63) is 29.8 Å². The predicted octanol–water partition coefficient (Wildman–Crippen LogP) is 3.05. The highest BCUT2D eigenvalue weighted by molar-refractivity contribution is 5.95. The summed E-state index contributed by atoms with van der Waals surface area (Å²) in [5, 5.41) is 4.27. The maximum Gasteiger partial charge on any atom is 0.271 e. The van der Waals surface area contributed by atoms with Gasteiger partial charge in [-0.1, -0.05) is 6.92 Å². The molecule has 20 heavy (non-hydrogen) atoms. The zero-order chi connectivity index (χ0) is 14.5. The van der Waals surface area contributed by atoms with Crippen LogP contribution in [0.3, 0.4) is 0 Å². The minimum atomic E-state index is -0.138. The zero-order valence-corrected chi connectivity index (χ0v) is 12.5. The minimum absolute atomic E-state index is 0.138. The van der Waals surface area contributed by atoms with Gasteiger partial charge in [-0.05, 0) is 55.9 Å². The third-order valence-electron chi connectivity index (χ3n) is 3.71. The highest BCUT2D eigenvalue weighted by atomic mass is 16.2. The van der Waals surface area contributed by atoms with Crippen molar-refractivity contribution < 1.29 is 4.79 Å². The Morgan fingerprint density at radius 3 is 2.60 bits per heavy atom. The van der Waals surface area contributed by atoms with Crippen LogP contribution in [0.5, 0.6) is 0 Å². The number of anilines is 1. The van der Waals surface area contributed by atoms with Crippen molar-refractivity contribution in [1.29, 1.82) is 0 Å². The van der Waals surface area contributed by atoms with E-state index >= 15 is 0 Å². The number of rotatable bonds is 3. The van der Waals surface area contributed by atoms with Crippen molar-refractivity contribution in [2.75, 3.05) is 19.0 Å². The molecule has 108 valence electrons. The molecule has 0 spiro atoms. The van der Waals surface area contributed by atoms with E-state index in [-0.39, 0.29) is 5.91 Å². The van der Waals surface area contributed by atoms with E-state index in [9.17, 15) is 4.79 Å². The number of hydrogen-bond donors (Lipinski definition) is 1. The molecule has 0 saturated heterocycles. The summed E-state index contributed by atoms with van der Waals surface area (Å²) < 4.78 is 0. The zero-order valence-electron chi connectivity index (χ0n) is 12.5. The topological polar surface area (TPSA) is 44.7 Å². The highest BCUT2D eigenvalue weighted by Gasteiger charge is 2.14. The summed E-state index contributed by atoms with van der Waals surface area (Å²) in [5.41, 5.74) is 5.51. The van der Waals surface area contributed by atoms with E-state index in [2.05, 4.69) is 17.5 Å². The Morgan fingerprint density at radius 1 is 1.30 bits per heavy atom. The normalized spacial score (nSPS) is 20.8. The van der Waals surface area contributed by atoms with Gasteiger partial charge in [0.15, 0.2) is 0 Å². The molecule has 0 bridgehead atoms. The lowest BCUT2D eigenvalue weighted by atomic mass is 9.89. The van der Waals surface area contributed by atoms with E-state index in [1.165, 1.54) is 12.8 Å². The molecule has 1 atom stereocenters. The highest BCUT2D eigenvalue weighted by Crippen LogP contribution is 2.21. The van der Waals surface area contributed by atoms with E-state index in [1.54, 1.807) is 0 Å². The third kappa shape index (κ3) is 3.83. The van der Waals surface area contributed by atoms with E-state index in [0.717, 1.165) is 24.2 Å². The lowest BCUT2D eigenvalue weighted by Crippen LogP contribution is -2.22. The second-order valence-electron chi connectivity index (χ2n) is 5.76. The summed E-state index contributed by atoms with van der Waals surface area (Å²) in [7, 11) is 3.95. The van der Waals surface area contributed by atoms with Crippen LogP contribution in [0.25, 0.3) is 0 Å². The molecule has 2 rings (SSSR count). The molecule has 1 N–H and O–H groups in total. The molecule has 0 heterocycles. The molecule has 0 aliphatic heterocycles. The van der Waals surface area contributed by atoms with Gasteiger partial charge in [-0.25, -0.2) is 5.43 Å². The smallest absolute Gasteiger partial charge is 0.271 e. The standard InChI is InChI=1S/C16H23N3O/c1-12-5-4-6-14(11-12)17-18-16(20)13-7-9-15(10-8-13)19(2)3/h7-10,12H,4-6,11H2,1-3H3,(H,18,20)/b17-14+. The summed E-state index contributed by atoms with van der Waals surface area (Å²) in [6, 6.07) is 7.53. The molecule has 0 radical (unpaired) electrons. The molecular weight excluding hydrogens is 250 g/mol. The second-order valence-corrected chi connectivity index (χ2v) is 5.76. The van der Waals surface area contributed by atoms with Crippen LogP contribution in [0.1, 0.15) is 43.0 Å². The Morgan fingerprint density at radius 2 is 2.00 bits per heavy atom. The molecule has 4 nitrogen and oxygen atoms in total. The summed E-state index contributed by atoms with van der Waals surface area (Å²) in [6.45, 7) is 2.23. The monoisotopic (exact) mass is 273 g/mol. The molecule has 1 amide bonds.